The van der Waals surface area contributed by atoms with E-state index >= 15 is 0 Å². The van der Waals surface area contributed by atoms with Gasteiger partial charge in [0.2, 0.25) is 5.91 Å². The van der Waals surface area contributed by atoms with Gasteiger partial charge in [0.05, 0.1) is 6.54 Å². The Balaban J connectivity index is 1.86. The van der Waals surface area contributed by atoms with Crippen LogP contribution in [0.15, 0.2) is 46.1 Å². The highest BCUT2D eigenvalue weighted by molar-refractivity contribution is 6.31. The summed E-state index contributed by atoms with van der Waals surface area (Å²) in [6.07, 6.45) is 3.32. The number of amides is 1. The van der Waals surface area contributed by atoms with Crippen molar-refractivity contribution >= 4 is 17.5 Å². The maximum absolute atomic E-state index is 12.4. The van der Waals surface area contributed by atoms with Crippen molar-refractivity contribution in [2.24, 2.45) is 0 Å². The van der Waals surface area contributed by atoms with Crippen molar-refractivity contribution in [1.82, 2.24) is 14.5 Å². The summed E-state index contributed by atoms with van der Waals surface area (Å²) in [5, 5.41) is 3.31. The Morgan fingerprint density at radius 3 is 2.65 bits per heavy atom. The van der Waals surface area contributed by atoms with Gasteiger partial charge in [0.1, 0.15) is 6.54 Å². The smallest absolute Gasteiger partial charge is 0.331 e. The lowest BCUT2D eigenvalue weighted by atomic mass is 10.2. The second-order valence-corrected chi connectivity index (χ2v) is 5.99. The van der Waals surface area contributed by atoms with E-state index in [2.05, 4.69) is 5.32 Å². The van der Waals surface area contributed by atoms with E-state index in [-0.39, 0.29) is 25.0 Å². The van der Waals surface area contributed by atoms with Gasteiger partial charge in [-0.2, -0.15) is 0 Å². The maximum Gasteiger partial charge on any atom is 0.331 e. The molecule has 1 aliphatic carbocycles. The predicted molar refractivity (Wildman–Crippen MR) is 86.7 cm³/mol. The van der Waals surface area contributed by atoms with Gasteiger partial charge in [0, 0.05) is 23.3 Å². The first kappa shape index (κ1) is 15.6. The molecule has 1 aromatic heterocycles. The van der Waals surface area contributed by atoms with Gasteiger partial charge in [0.15, 0.2) is 0 Å². The van der Waals surface area contributed by atoms with Crippen LogP contribution < -0.4 is 16.6 Å². The highest BCUT2D eigenvalue weighted by Gasteiger charge is 2.23. The van der Waals surface area contributed by atoms with Gasteiger partial charge in [-0.15, -0.1) is 0 Å². The summed E-state index contributed by atoms with van der Waals surface area (Å²) in [7, 11) is 0. The molecule has 7 heteroatoms. The van der Waals surface area contributed by atoms with Crippen molar-refractivity contribution in [3.05, 3.63) is 68.0 Å². The first-order valence-corrected chi connectivity index (χ1v) is 7.75. The van der Waals surface area contributed by atoms with Gasteiger partial charge >= 0.3 is 5.69 Å². The molecule has 0 radical (unpaired) electrons. The van der Waals surface area contributed by atoms with Crippen molar-refractivity contribution in [3.63, 3.8) is 0 Å². The number of nitrogens with zero attached hydrogens (tertiary/aromatic N) is 2. The van der Waals surface area contributed by atoms with E-state index in [4.69, 9.17) is 11.6 Å². The number of hydrogen-bond acceptors (Lipinski definition) is 3. The van der Waals surface area contributed by atoms with E-state index in [1.165, 1.54) is 16.8 Å². The highest BCUT2D eigenvalue weighted by Crippen LogP contribution is 2.18. The lowest BCUT2D eigenvalue weighted by molar-refractivity contribution is -0.121. The van der Waals surface area contributed by atoms with E-state index in [1.807, 2.05) is 12.1 Å². The molecular weight excluding hydrogens is 318 g/mol. The molecule has 1 aromatic carbocycles. The molecule has 1 aliphatic rings. The third-order valence-electron chi connectivity index (χ3n) is 3.68. The number of hydrogen-bond donors (Lipinski definition) is 1. The predicted octanol–water partition coefficient (Wildman–Crippen LogP) is 0.990. The number of nitrogens with one attached hydrogen (secondary N) is 1. The Hall–Kier alpha value is -2.34. The van der Waals surface area contributed by atoms with Crippen molar-refractivity contribution in [3.8, 4) is 0 Å². The van der Waals surface area contributed by atoms with Crippen molar-refractivity contribution in [2.75, 3.05) is 0 Å². The average molecular weight is 334 g/mol. The topological polar surface area (TPSA) is 73.1 Å². The standard InChI is InChI=1S/C16H16ClN3O3/c17-13-4-2-1-3-11(13)9-19-8-7-15(22)20(16(19)23)10-14(21)18-12-5-6-12/h1-4,7-8,12H,5-6,9-10H2,(H,18,21). The molecule has 1 heterocycles. The molecular formula is C16H16ClN3O3. The number of halogens is 1. The zero-order valence-electron chi connectivity index (χ0n) is 12.4. The van der Waals surface area contributed by atoms with E-state index in [0.29, 0.717) is 5.02 Å². The molecule has 0 saturated heterocycles. The van der Waals surface area contributed by atoms with Crippen LogP contribution in [0.3, 0.4) is 0 Å². The van der Waals surface area contributed by atoms with Crippen molar-refractivity contribution < 1.29 is 4.79 Å². The van der Waals surface area contributed by atoms with Crippen LogP contribution in [-0.2, 0) is 17.9 Å². The summed E-state index contributed by atoms with van der Waals surface area (Å²) >= 11 is 6.10. The van der Waals surface area contributed by atoms with Gasteiger partial charge in [-0.25, -0.2) is 4.79 Å². The average Bonchev–Trinajstić information content (AvgIpc) is 3.32. The summed E-state index contributed by atoms with van der Waals surface area (Å²) in [5.74, 6) is -0.317. The highest BCUT2D eigenvalue weighted by atomic mass is 35.5. The summed E-state index contributed by atoms with van der Waals surface area (Å²) in [6, 6.07) is 8.64. The fraction of sp³-hybridized carbons (Fsp3) is 0.312. The minimum absolute atomic E-state index is 0.187. The van der Waals surface area contributed by atoms with Crippen LogP contribution in [-0.4, -0.2) is 21.1 Å². The van der Waals surface area contributed by atoms with Crippen LogP contribution in [0.25, 0.3) is 0 Å². The molecule has 0 bridgehead atoms. The third-order valence-corrected chi connectivity index (χ3v) is 4.05. The minimum Gasteiger partial charge on any atom is -0.352 e. The Morgan fingerprint density at radius 1 is 1.22 bits per heavy atom. The monoisotopic (exact) mass is 333 g/mol. The van der Waals surface area contributed by atoms with Gasteiger partial charge in [-0.1, -0.05) is 29.8 Å². The Morgan fingerprint density at radius 2 is 1.96 bits per heavy atom. The fourth-order valence-electron chi connectivity index (χ4n) is 2.28. The van der Waals surface area contributed by atoms with E-state index in [9.17, 15) is 14.4 Å². The Kier molecular flexibility index (Phi) is 4.34. The van der Waals surface area contributed by atoms with Gasteiger partial charge in [-0.3, -0.25) is 18.7 Å². The summed E-state index contributed by atoms with van der Waals surface area (Å²) in [4.78, 5) is 36.2. The summed E-state index contributed by atoms with van der Waals surface area (Å²) in [5.41, 5.74) is -0.247. The molecule has 1 fully saturated rings. The summed E-state index contributed by atoms with van der Waals surface area (Å²) < 4.78 is 2.31. The number of carbonyl (C=O) groups excluding carboxylic acids is 1. The third kappa shape index (κ3) is 3.71. The Labute approximate surface area is 137 Å². The minimum atomic E-state index is -0.525. The maximum atomic E-state index is 12.4. The lowest BCUT2D eigenvalue weighted by Gasteiger charge is -2.11. The normalized spacial score (nSPS) is 13.8. The van der Waals surface area contributed by atoms with Crippen molar-refractivity contribution in [1.29, 1.82) is 0 Å². The molecule has 0 unspecified atom stereocenters. The number of rotatable bonds is 5. The second-order valence-electron chi connectivity index (χ2n) is 5.58. The number of aromatic nitrogens is 2. The van der Waals surface area contributed by atoms with Crippen LogP contribution in [0, 0.1) is 0 Å². The van der Waals surface area contributed by atoms with Crippen LogP contribution in [0.4, 0.5) is 0 Å². The molecule has 2 aromatic rings. The molecule has 3 rings (SSSR count). The molecule has 23 heavy (non-hydrogen) atoms. The first-order valence-electron chi connectivity index (χ1n) is 7.37. The summed E-state index contributed by atoms with van der Waals surface area (Å²) in [6.45, 7) is -0.0272. The van der Waals surface area contributed by atoms with Crippen LogP contribution in [0.1, 0.15) is 18.4 Å². The van der Waals surface area contributed by atoms with Crippen molar-refractivity contribution in [2.45, 2.75) is 32.0 Å². The van der Waals surface area contributed by atoms with Crippen LogP contribution in [0.2, 0.25) is 5.02 Å². The number of carbonyl (C=O) groups is 1. The molecule has 6 nitrogen and oxygen atoms in total. The van der Waals surface area contributed by atoms with Gasteiger partial charge in [-0.05, 0) is 24.5 Å². The SMILES string of the molecule is O=C(Cn1c(=O)ccn(Cc2ccccc2Cl)c1=O)NC1CC1. The molecule has 120 valence electrons. The van der Waals surface area contributed by atoms with E-state index < -0.39 is 11.2 Å². The molecule has 1 amide bonds. The largest absolute Gasteiger partial charge is 0.352 e. The zero-order chi connectivity index (χ0) is 16.4. The van der Waals surface area contributed by atoms with E-state index in [0.717, 1.165) is 23.0 Å². The van der Waals surface area contributed by atoms with Crippen LogP contribution >= 0.6 is 11.6 Å². The molecule has 0 atom stereocenters. The molecule has 1 N–H and O–H groups in total. The first-order chi connectivity index (χ1) is 11.0. The lowest BCUT2D eigenvalue weighted by Crippen LogP contribution is -2.43. The van der Waals surface area contributed by atoms with Gasteiger partial charge in [0.25, 0.3) is 5.56 Å². The fourth-order valence-corrected chi connectivity index (χ4v) is 2.47. The number of benzene rings is 1. The molecule has 0 aliphatic heterocycles. The Bertz CT molecular complexity index is 852. The molecule has 0 spiro atoms. The van der Waals surface area contributed by atoms with E-state index in [1.54, 1.807) is 12.1 Å². The quantitative estimate of drug-likeness (QED) is 0.887. The van der Waals surface area contributed by atoms with Crippen LogP contribution in [0.5, 0.6) is 0 Å². The second kappa shape index (κ2) is 6.42. The molecule has 1 saturated carbocycles. The zero-order valence-corrected chi connectivity index (χ0v) is 13.1. The van der Waals surface area contributed by atoms with Gasteiger partial charge < -0.3 is 5.32 Å².